The summed E-state index contributed by atoms with van der Waals surface area (Å²) in [7, 11) is 0. The third-order valence-corrected chi connectivity index (χ3v) is 3.89. The average molecular weight is 301 g/mol. The number of hydrogen-bond donors (Lipinski definition) is 3. The van der Waals surface area contributed by atoms with Crippen LogP contribution in [0, 0.1) is 13.8 Å². The number of halogens is 1. The van der Waals surface area contributed by atoms with Crippen molar-refractivity contribution in [2.45, 2.75) is 26.3 Å². The zero-order chi connectivity index (χ0) is 13.8. The Morgan fingerprint density at radius 2 is 1.75 bits per heavy atom. The third kappa shape index (κ3) is 3.85. The van der Waals surface area contributed by atoms with Crippen molar-refractivity contribution in [2.75, 3.05) is 32.8 Å². The normalized spacial score (nSPS) is 17.6. The predicted octanol–water partition coefficient (Wildman–Crippen LogP) is 1.76. The molecule has 20 heavy (non-hydrogen) atoms. The second kappa shape index (κ2) is 7.84. The third-order valence-electron chi connectivity index (χ3n) is 3.89. The first-order valence-corrected chi connectivity index (χ1v) is 6.99. The van der Waals surface area contributed by atoms with Crippen molar-refractivity contribution >= 4 is 12.4 Å². The van der Waals surface area contributed by atoms with Crippen LogP contribution in [0.1, 0.15) is 29.2 Å². The lowest BCUT2D eigenvalue weighted by atomic mass is 9.96. The number of aromatic hydroxyl groups is 1. The minimum absolute atomic E-state index is 0. The van der Waals surface area contributed by atoms with Gasteiger partial charge in [-0.3, -0.25) is 4.90 Å². The largest absolute Gasteiger partial charge is 0.507 e. The van der Waals surface area contributed by atoms with Crippen molar-refractivity contribution in [1.82, 2.24) is 10.2 Å². The fourth-order valence-corrected chi connectivity index (χ4v) is 2.86. The summed E-state index contributed by atoms with van der Waals surface area (Å²) >= 11 is 0. The van der Waals surface area contributed by atoms with E-state index in [-0.39, 0.29) is 25.1 Å². The number of aliphatic hydroxyl groups is 1. The maximum Gasteiger partial charge on any atom is 0.121 e. The van der Waals surface area contributed by atoms with E-state index in [0.29, 0.717) is 5.75 Å². The van der Waals surface area contributed by atoms with Crippen LogP contribution < -0.4 is 5.32 Å². The molecule has 1 heterocycles. The summed E-state index contributed by atoms with van der Waals surface area (Å²) in [5.41, 5.74) is 3.02. The van der Waals surface area contributed by atoms with Crippen LogP contribution in [0.2, 0.25) is 0 Å². The van der Waals surface area contributed by atoms with Crippen molar-refractivity contribution in [1.29, 1.82) is 0 Å². The lowest BCUT2D eigenvalue weighted by molar-refractivity contribution is 0.141. The molecule has 0 radical (unpaired) electrons. The minimum Gasteiger partial charge on any atom is -0.507 e. The molecule has 3 N–H and O–H groups in total. The van der Waals surface area contributed by atoms with Gasteiger partial charge < -0.3 is 15.5 Å². The molecule has 5 heteroatoms. The van der Waals surface area contributed by atoms with Crippen molar-refractivity contribution in [3.05, 3.63) is 28.8 Å². The summed E-state index contributed by atoms with van der Waals surface area (Å²) < 4.78 is 0. The number of hydrogen-bond acceptors (Lipinski definition) is 4. The Balaban J connectivity index is 0.00000200. The molecule has 0 aliphatic carbocycles. The Morgan fingerprint density at radius 1 is 1.20 bits per heavy atom. The topological polar surface area (TPSA) is 55.7 Å². The highest BCUT2D eigenvalue weighted by Crippen LogP contribution is 2.30. The molecule has 0 unspecified atom stereocenters. The maximum absolute atomic E-state index is 9.88. The highest BCUT2D eigenvalue weighted by molar-refractivity contribution is 5.85. The summed E-state index contributed by atoms with van der Waals surface area (Å²) in [5.74, 6) is 0.381. The van der Waals surface area contributed by atoms with Gasteiger partial charge >= 0.3 is 0 Å². The molecule has 1 aromatic rings. The van der Waals surface area contributed by atoms with Gasteiger partial charge in [0.15, 0.2) is 0 Å². The van der Waals surface area contributed by atoms with Gasteiger partial charge in [0.2, 0.25) is 0 Å². The molecule has 1 atom stereocenters. The van der Waals surface area contributed by atoms with Gasteiger partial charge in [-0.25, -0.2) is 0 Å². The number of nitrogens with one attached hydrogen (secondary N) is 1. The molecule has 114 valence electrons. The van der Waals surface area contributed by atoms with E-state index in [2.05, 4.69) is 10.2 Å². The molecule has 4 nitrogen and oxygen atoms in total. The van der Waals surface area contributed by atoms with Crippen molar-refractivity contribution in [3.63, 3.8) is 0 Å². The van der Waals surface area contributed by atoms with E-state index in [1.165, 1.54) is 5.56 Å². The fourth-order valence-electron chi connectivity index (χ4n) is 2.86. The number of benzene rings is 1. The van der Waals surface area contributed by atoms with Crippen molar-refractivity contribution < 1.29 is 10.2 Å². The number of nitrogens with zero attached hydrogens (tertiary/aromatic N) is 1. The number of phenolic OH excluding ortho intramolecular Hbond substituents is 1. The summed E-state index contributed by atoms with van der Waals surface area (Å²) in [6.07, 6.45) is 0.740. The molecule has 0 saturated carbocycles. The van der Waals surface area contributed by atoms with Gasteiger partial charge in [-0.1, -0.05) is 12.1 Å². The van der Waals surface area contributed by atoms with Crippen LogP contribution in [-0.2, 0) is 0 Å². The monoisotopic (exact) mass is 300 g/mol. The van der Waals surface area contributed by atoms with Gasteiger partial charge in [0.05, 0.1) is 0 Å². The summed E-state index contributed by atoms with van der Waals surface area (Å²) in [4.78, 5) is 2.41. The average Bonchev–Trinajstić information content (AvgIpc) is 2.42. The highest BCUT2D eigenvalue weighted by atomic mass is 35.5. The van der Waals surface area contributed by atoms with Crippen LogP contribution in [0.15, 0.2) is 12.1 Å². The molecule has 0 aromatic heterocycles. The molecule has 1 aliphatic heterocycles. The van der Waals surface area contributed by atoms with E-state index in [0.717, 1.165) is 43.7 Å². The number of rotatable bonds is 4. The first-order chi connectivity index (χ1) is 9.13. The molecular weight excluding hydrogens is 276 g/mol. The van der Waals surface area contributed by atoms with E-state index < -0.39 is 0 Å². The summed E-state index contributed by atoms with van der Waals surface area (Å²) in [6, 6.07) is 4.33. The smallest absolute Gasteiger partial charge is 0.121 e. The van der Waals surface area contributed by atoms with Gasteiger partial charge in [-0.05, 0) is 37.0 Å². The van der Waals surface area contributed by atoms with Gasteiger partial charge in [0.1, 0.15) is 5.75 Å². The predicted molar refractivity (Wildman–Crippen MR) is 83.7 cm³/mol. The SMILES string of the molecule is Cc1cc([C@@H](CCO)N2CCNCC2)cc(C)c1O.Cl. The maximum atomic E-state index is 9.88. The Kier molecular flexibility index (Phi) is 6.76. The van der Waals surface area contributed by atoms with Crippen LogP contribution >= 0.6 is 12.4 Å². The van der Waals surface area contributed by atoms with E-state index in [4.69, 9.17) is 0 Å². The Labute approximate surface area is 127 Å². The quantitative estimate of drug-likeness (QED) is 0.793. The van der Waals surface area contributed by atoms with Crippen LogP contribution in [-0.4, -0.2) is 47.9 Å². The molecule has 1 aromatic carbocycles. The lowest BCUT2D eigenvalue weighted by Gasteiger charge is -2.35. The summed E-state index contributed by atoms with van der Waals surface area (Å²) in [6.45, 7) is 8.05. The van der Waals surface area contributed by atoms with Gasteiger partial charge in [-0.15, -0.1) is 12.4 Å². The van der Waals surface area contributed by atoms with Crippen molar-refractivity contribution in [3.8, 4) is 5.75 Å². The van der Waals surface area contributed by atoms with Gasteiger partial charge in [0.25, 0.3) is 0 Å². The molecular formula is C15H25ClN2O2. The van der Waals surface area contributed by atoms with E-state index in [9.17, 15) is 10.2 Å². The second-order valence-corrected chi connectivity index (χ2v) is 5.32. The molecule has 2 rings (SSSR count). The first kappa shape index (κ1) is 17.2. The Bertz CT molecular complexity index is 411. The molecule has 1 fully saturated rings. The standard InChI is InChI=1S/C15H24N2O2.ClH/c1-11-9-13(10-12(2)15(11)19)14(3-8-18)17-6-4-16-5-7-17;/h9-10,14,16,18-19H,3-8H2,1-2H3;1H/t14-;/m1./s1. The van der Waals surface area contributed by atoms with E-state index in [1.807, 2.05) is 26.0 Å². The van der Waals surface area contributed by atoms with Crippen LogP contribution in [0.3, 0.4) is 0 Å². The first-order valence-electron chi connectivity index (χ1n) is 6.99. The minimum atomic E-state index is 0. The number of aryl methyl sites for hydroxylation is 2. The molecule has 0 spiro atoms. The van der Waals surface area contributed by atoms with Crippen LogP contribution in [0.5, 0.6) is 5.75 Å². The fraction of sp³-hybridized carbons (Fsp3) is 0.600. The molecule has 1 aliphatic rings. The molecule has 1 saturated heterocycles. The van der Waals surface area contributed by atoms with E-state index in [1.54, 1.807) is 0 Å². The Hall–Kier alpha value is -0.810. The van der Waals surface area contributed by atoms with Gasteiger partial charge in [0, 0.05) is 38.8 Å². The van der Waals surface area contributed by atoms with E-state index >= 15 is 0 Å². The number of aliphatic hydroxyl groups excluding tert-OH is 1. The summed E-state index contributed by atoms with van der Waals surface area (Å²) in [5, 5.41) is 22.6. The molecule has 0 amide bonds. The van der Waals surface area contributed by atoms with Gasteiger partial charge in [-0.2, -0.15) is 0 Å². The van der Waals surface area contributed by atoms with Crippen molar-refractivity contribution in [2.24, 2.45) is 0 Å². The number of phenols is 1. The Morgan fingerprint density at radius 3 is 2.25 bits per heavy atom. The van der Waals surface area contributed by atoms with Crippen LogP contribution in [0.25, 0.3) is 0 Å². The highest BCUT2D eigenvalue weighted by Gasteiger charge is 2.22. The lowest BCUT2D eigenvalue weighted by Crippen LogP contribution is -2.45. The number of piperazine rings is 1. The second-order valence-electron chi connectivity index (χ2n) is 5.32. The molecule has 0 bridgehead atoms. The zero-order valence-corrected chi connectivity index (χ0v) is 13.0. The zero-order valence-electron chi connectivity index (χ0n) is 12.2. The van der Waals surface area contributed by atoms with Crippen LogP contribution in [0.4, 0.5) is 0 Å².